The summed E-state index contributed by atoms with van der Waals surface area (Å²) in [5, 5.41) is 0.138. The van der Waals surface area contributed by atoms with Crippen LogP contribution in [0.1, 0.15) is 22.7 Å². The SMILES string of the molecule is NC(c1ccc(F)c(C(F)(F)F)c1)c1ccc(Cl)cc1F. The van der Waals surface area contributed by atoms with E-state index < -0.39 is 29.4 Å². The van der Waals surface area contributed by atoms with Gasteiger partial charge in [-0.1, -0.05) is 23.7 Å². The number of nitrogens with two attached hydrogens (primary N) is 1. The maximum atomic E-state index is 13.7. The molecule has 0 radical (unpaired) electrons. The highest BCUT2D eigenvalue weighted by Crippen LogP contribution is 2.34. The maximum absolute atomic E-state index is 13.7. The van der Waals surface area contributed by atoms with E-state index in [4.69, 9.17) is 17.3 Å². The molecule has 21 heavy (non-hydrogen) atoms. The lowest BCUT2D eigenvalue weighted by atomic mass is 9.97. The van der Waals surface area contributed by atoms with Crippen molar-refractivity contribution < 1.29 is 22.0 Å². The van der Waals surface area contributed by atoms with Crippen LogP contribution in [-0.2, 0) is 6.18 Å². The Balaban J connectivity index is 2.46. The van der Waals surface area contributed by atoms with Crippen LogP contribution in [0.2, 0.25) is 5.02 Å². The van der Waals surface area contributed by atoms with E-state index in [0.717, 1.165) is 12.1 Å². The maximum Gasteiger partial charge on any atom is 0.419 e. The summed E-state index contributed by atoms with van der Waals surface area (Å²) >= 11 is 5.59. The first-order valence-corrected chi connectivity index (χ1v) is 6.15. The molecule has 0 saturated heterocycles. The van der Waals surface area contributed by atoms with Crippen LogP contribution in [0.25, 0.3) is 0 Å². The fourth-order valence-electron chi connectivity index (χ4n) is 1.89. The molecule has 0 fully saturated rings. The Labute approximate surface area is 122 Å². The molecule has 2 aromatic carbocycles. The van der Waals surface area contributed by atoms with Gasteiger partial charge in [0, 0.05) is 10.6 Å². The van der Waals surface area contributed by atoms with Crippen molar-refractivity contribution in [3.05, 3.63) is 69.7 Å². The summed E-state index contributed by atoms with van der Waals surface area (Å²) in [6.07, 6.45) is -4.85. The Kier molecular flexibility index (Phi) is 4.20. The van der Waals surface area contributed by atoms with Crippen LogP contribution >= 0.6 is 11.6 Å². The lowest BCUT2D eigenvalue weighted by Gasteiger charge is -2.16. The number of hydrogen-bond acceptors (Lipinski definition) is 1. The second-order valence-corrected chi connectivity index (χ2v) is 4.82. The van der Waals surface area contributed by atoms with Gasteiger partial charge in [0.2, 0.25) is 0 Å². The van der Waals surface area contributed by atoms with Crippen LogP contribution in [0.3, 0.4) is 0 Å². The van der Waals surface area contributed by atoms with E-state index >= 15 is 0 Å². The second kappa shape index (κ2) is 5.61. The Morgan fingerprint density at radius 2 is 1.62 bits per heavy atom. The van der Waals surface area contributed by atoms with E-state index in [1.165, 1.54) is 12.1 Å². The van der Waals surface area contributed by atoms with Crippen LogP contribution in [-0.4, -0.2) is 0 Å². The largest absolute Gasteiger partial charge is 0.419 e. The van der Waals surface area contributed by atoms with Crippen molar-refractivity contribution in [2.45, 2.75) is 12.2 Å². The highest BCUT2D eigenvalue weighted by molar-refractivity contribution is 6.30. The lowest BCUT2D eigenvalue weighted by molar-refractivity contribution is -0.140. The molecule has 0 aliphatic rings. The smallest absolute Gasteiger partial charge is 0.320 e. The zero-order valence-electron chi connectivity index (χ0n) is 10.4. The standard InChI is InChI=1S/C14H9ClF5N/c15-8-2-3-9(12(17)6-8)13(21)7-1-4-11(16)10(5-7)14(18,19)20/h1-6,13H,21H2. The number of rotatable bonds is 2. The Bertz CT molecular complexity index is 669. The molecule has 0 aromatic heterocycles. The van der Waals surface area contributed by atoms with E-state index in [-0.39, 0.29) is 16.1 Å². The summed E-state index contributed by atoms with van der Waals surface area (Å²) in [7, 11) is 0. The fourth-order valence-corrected chi connectivity index (χ4v) is 2.05. The molecule has 7 heteroatoms. The van der Waals surface area contributed by atoms with E-state index in [1.54, 1.807) is 0 Å². The first kappa shape index (κ1) is 15.7. The minimum Gasteiger partial charge on any atom is -0.320 e. The predicted molar refractivity (Wildman–Crippen MR) is 68.8 cm³/mol. The van der Waals surface area contributed by atoms with Crippen molar-refractivity contribution >= 4 is 11.6 Å². The van der Waals surface area contributed by atoms with Gasteiger partial charge in [0.1, 0.15) is 11.6 Å². The van der Waals surface area contributed by atoms with Gasteiger partial charge in [-0.3, -0.25) is 0 Å². The summed E-state index contributed by atoms with van der Waals surface area (Å²) in [5.41, 5.74) is 4.24. The van der Waals surface area contributed by atoms with Crippen molar-refractivity contribution in [3.63, 3.8) is 0 Å². The number of hydrogen-bond donors (Lipinski definition) is 1. The predicted octanol–water partition coefficient (Wildman–Crippen LogP) is 4.69. The molecule has 2 aromatic rings. The van der Waals surface area contributed by atoms with Gasteiger partial charge in [0.25, 0.3) is 0 Å². The molecule has 0 bridgehead atoms. The topological polar surface area (TPSA) is 26.0 Å². The molecule has 0 amide bonds. The van der Waals surface area contributed by atoms with Crippen LogP contribution < -0.4 is 5.73 Å². The quantitative estimate of drug-likeness (QED) is 0.798. The molecule has 0 aliphatic heterocycles. The third kappa shape index (κ3) is 3.33. The van der Waals surface area contributed by atoms with Crippen molar-refractivity contribution in [3.8, 4) is 0 Å². The normalized spacial score (nSPS) is 13.3. The number of halogens is 6. The molecular formula is C14H9ClF5N. The van der Waals surface area contributed by atoms with Crippen LogP contribution in [0.15, 0.2) is 36.4 Å². The highest BCUT2D eigenvalue weighted by atomic mass is 35.5. The highest BCUT2D eigenvalue weighted by Gasteiger charge is 2.34. The van der Waals surface area contributed by atoms with Gasteiger partial charge >= 0.3 is 6.18 Å². The molecule has 2 N–H and O–H groups in total. The van der Waals surface area contributed by atoms with E-state index in [0.29, 0.717) is 12.1 Å². The zero-order valence-corrected chi connectivity index (χ0v) is 11.1. The molecule has 0 saturated carbocycles. The summed E-state index contributed by atoms with van der Waals surface area (Å²) in [6.45, 7) is 0. The first-order chi connectivity index (χ1) is 9.70. The monoisotopic (exact) mass is 321 g/mol. The first-order valence-electron chi connectivity index (χ1n) is 5.77. The molecule has 0 spiro atoms. The Morgan fingerprint density at radius 3 is 2.19 bits per heavy atom. The average Bonchev–Trinajstić information content (AvgIpc) is 2.37. The molecule has 1 atom stereocenters. The second-order valence-electron chi connectivity index (χ2n) is 4.38. The van der Waals surface area contributed by atoms with Crippen molar-refractivity contribution in [2.75, 3.05) is 0 Å². The summed E-state index contributed by atoms with van der Waals surface area (Å²) in [5.74, 6) is -2.15. The summed E-state index contributed by atoms with van der Waals surface area (Å²) in [4.78, 5) is 0. The van der Waals surface area contributed by atoms with Gasteiger partial charge < -0.3 is 5.73 Å². The minimum absolute atomic E-state index is 0.0286. The van der Waals surface area contributed by atoms with Crippen LogP contribution in [0.4, 0.5) is 22.0 Å². The van der Waals surface area contributed by atoms with E-state index in [9.17, 15) is 22.0 Å². The van der Waals surface area contributed by atoms with Crippen LogP contribution in [0, 0.1) is 11.6 Å². The van der Waals surface area contributed by atoms with Crippen molar-refractivity contribution in [1.29, 1.82) is 0 Å². The molecule has 112 valence electrons. The molecule has 0 heterocycles. The molecule has 1 nitrogen and oxygen atoms in total. The van der Waals surface area contributed by atoms with E-state index in [1.807, 2.05) is 0 Å². The minimum atomic E-state index is -4.85. The summed E-state index contributed by atoms with van der Waals surface area (Å²) in [6, 6.07) is 4.81. The van der Waals surface area contributed by atoms with Gasteiger partial charge in [0.15, 0.2) is 0 Å². The van der Waals surface area contributed by atoms with Gasteiger partial charge in [-0.2, -0.15) is 13.2 Å². The zero-order chi connectivity index (χ0) is 15.8. The van der Waals surface area contributed by atoms with Crippen LogP contribution in [0.5, 0.6) is 0 Å². The third-order valence-electron chi connectivity index (χ3n) is 2.95. The lowest BCUT2D eigenvalue weighted by Crippen LogP contribution is -2.16. The van der Waals surface area contributed by atoms with Gasteiger partial charge in [-0.05, 0) is 29.8 Å². The Morgan fingerprint density at radius 1 is 0.952 bits per heavy atom. The van der Waals surface area contributed by atoms with Gasteiger partial charge in [-0.15, -0.1) is 0 Å². The molecule has 2 rings (SSSR count). The molecular weight excluding hydrogens is 313 g/mol. The van der Waals surface area contributed by atoms with Crippen molar-refractivity contribution in [1.82, 2.24) is 0 Å². The Hall–Kier alpha value is -1.66. The molecule has 0 aliphatic carbocycles. The number of benzene rings is 2. The van der Waals surface area contributed by atoms with E-state index in [2.05, 4.69) is 0 Å². The average molecular weight is 322 g/mol. The fraction of sp³-hybridized carbons (Fsp3) is 0.143. The van der Waals surface area contributed by atoms with Gasteiger partial charge in [-0.25, -0.2) is 8.78 Å². The molecule has 1 unspecified atom stereocenters. The van der Waals surface area contributed by atoms with Crippen molar-refractivity contribution in [2.24, 2.45) is 5.73 Å². The van der Waals surface area contributed by atoms with Gasteiger partial charge in [0.05, 0.1) is 11.6 Å². The summed E-state index contributed by atoms with van der Waals surface area (Å²) < 4.78 is 64.9. The third-order valence-corrected chi connectivity index (χ3v) is 3.19. The number of alkyl halides is 3.